The van der Waals surface area contributed by atoms with E-state index in [1.54, 1.807) is 0 Å². The van der Waals surface area contributed by atoms with Crippen molar-refractivity contribution in [2.24, 2.45) is 0 Å². The predicted molar refractivity (Wildman–Crippen MR) is 82.1 cm³/mol. The van der Waals surface area contributed by atoms with Gasteiger partial charge in [0, 0.05) is 11.8 Å². The summed E-state index contributed by atoms with van der Waals surface area (Å²) in [7, 11) is 0. The minimum absolute atomic E-state index is 0.513. The molecule has 1 unspecified atom stereocenters. The van der Waals surface area contributed by atoms with E-state index in [-0.39, 0.29) is 0 Å². The maximum absolute atomic E-state index is 9.74. The lowest BCUT2D eigenvalue weighted by Gasteiger charge is -2.28. The molecular weight excluding hydrogens is 252 g/mol. The molecule has 0 saturated heterocycles. The SMILES string of the molecule is CCCCSCC(C#N)(NC1CC1)c1ccccc1. The van der Waals surface area contributed by atoms with Crippen molar-refractivity contribution in [3.63, 3.8) is 0 Å². The topological polar surface area (TPSA) is 35.8 Å². The zero-order valence-electron chi connectivity index (χ0n) is 11.6. The van der Waals surface area contributed by atoms with Crippen LogP contribution in [0.5, 0.6) is 0 Å². The third-order valence-electron chi connectivity index (χ3n) is 3.45. The number of thioether (sulfide) groups is 1. The fraction of sp³-hybridized carbons (Fsp3) is 0.562. The summed E-state index contributed by atoms with van der Waals surface area (Å²) in [6, 6.07) is 13.3. The van der Waals surface area contributed by atoms with Crippen LogP contribution in [0.4, 0.5) is 0 Å². The van der Waals surface area contributed by atoms with Crippen LogP contribution in [0.25, 0.3) is 0 Å². The van der Waals surface area contributed by atoms with Gasteiger partial charge in [0.2, 0.25) is 0 Å². The van der Waals surface area contributed by atoms with Gasteiger partial charge in [0.1, 0.15) is 5.54 Å². The van der Waals surface area contributed by atoms with Crippen LogP contribution in [-0.2, 0) is 5.54 Å². The molecule has 0 bridgehead atoms. The molecule has 0 amide bonds. The molecule has 1 aliphatic rings. The second kappa shape index (κ2) is 6.98. The lowest BCUT2D eigenvalue weighted by Crippen LogP contribution is -2.44. The van der Waals surface area contributed by atoms with Crippen LogP contribution in [-0.4, -0.2) is 17.5 Å². The average Bonchev–Trinajstić information content (AvgIpc) is 3.27. The molecule has 1 aromatic rings. The Bertz CT molecular complexity index is 422. The highest BCUT2D eigenvalue weighted by Gasteiger charge is 2.37. The molecule has 102 valence electrons. The Hall–Kier alpha value is -0.980. The molecule has 0 spiro atoms. The Balaban J connectivity index is 2.09. The second-order valence-electron chi connectivity index (χ2n) is 5.21. The zero-order chi connectivity index (χ0) is 13.6. The van der Waals surface area contributed by atoms with Gasteiger partial charge in [0.25, 0.3) is 0 Å². The molecule has 2 nitrogen and oxygen atoms in total. The highest BCUT2D eigenvalue weighted by atomic mass is 32.2. The highest BCUT2D eigenvalue weighted by molar-refractivity contribution is 7.99. The molecule has 0 radical (unpaired) electrons. The van der Waals surface area contributed by atoms with Gasteiger partial charge in [0.15, 0.2) is 0 Å². The summed E-state index contributed by atoms with van der Waals surface area (Å²) in [5.74, 6) is 1.98. The largest absolute Gasteiger partial charge is 0.292 e. The Labute approximate surface area is 120 Å². The minimum atomic E-state index is -0.513. The van der Waals surface area contributed by atoms with Gasteiger partial charge < -0.3 is 0 Å². The van der Waals surface area contributed by atoms with Crippen LogP contribution >= 0.6 is 11.8 Å². The molecule has 0 aliphatic heterocycles. The summed E-state index contributed by atoms with van der Waals surface area (Å²) < 4.78 is 0. The summed E-state index contributed by atoms with van der Waals surface area (Å²) >= 11 is 1.89. The number of unbranched alkanes of at least 4 members (excludes halogenated alkanes) is 1. The van der Waals surface area contributed by atoms with Crippen LogP contribution in [0.3, 0.4) is 0 Å². The summed E-state index contributed by atoms with van der Waals surface area (Å²) in [5, 5.41) is 13.3. The van der Waals surface area contributed by atoms with Crippen molar-refractivity contribution in [3.05, 3.63) is 35.9 Å². The van der Waals surface area contributed by atoms with Crippen molar-refractivity contribution in [3.8, 4) is 6.07 Å². The fourth-order valence-electron chi connectivity index (χ4n) is 2.11. The highest BCUT2D eigenvalue weighted by Crippen LogP contribution is 2.31. The van der Waals surface area contributed by atoms with Crippen molar-refractivity contribution in [2.45, 2.75) is 44.2 Å². The number of nitrogens with zero attached hydrogens (tertiary/aromatic N) is 1. The van der Waals surface area contributed by atoms with Crippen LogP contribution in [0.1, 0.15) is 38.2 Å². The summed E-state index contributed by atoms with van der Waals surface area (Å²) in [6.45, 7) is 2.21. The quantitative estimate of drug-likeness (QED) is 0.734. The van der Waals surface area contributed by atoms with Gasteiger partial charge in [0.05, 0.1) is 6.07 Å². The van der Waals surface area contributed by atoms with Crippen LogP contribution in [0, 0.1) is 11.3 Å². The molecule has 19 heavy (non-hydrogen) atoms. The maximum Gasteiger partial charge on any atom is 0.141 e. The number of nitriles is 1. The molecule has 1 aliphatic carbocycles. The fourth-order valence-corrected chi connectivity index (χ4v) is 3.37. The third-order valence-corrected chi connectivity index (χ3v) is 4.66. The minimum Gasteiger partial charge on any atom is -0.292 e. The van der Waals surface area contributed by atoms with Crippen LogP contribution < -0.4 is 5.32 Å². The van der Waals surface area contributed by atoms with Crippen molar-refractivity contribution in [1.29, 1.82) is 5.26 Å². The lowest BCUT2D eigenvalue weighted by molar-refractivity contribution is 0.470. The first-order chi connectivity index (χ1) is 9.30. The molecule has 1 atom stereocenters. The van der Waals surface area contributed by atoms with Gasteiger partial charge in [-0.2, -0.15) is 17.0 Å². The molecule has 0 aromatic heterocycles. The van der Waals surface area contributed by atoms with E-state index in [4.69, 9.17) is 0 Å². The first-order valence-electron chi connectivity index (χ1n) is 7.13. The van der Waals surface area contributed by atoms with E-state index in [9.17, 15) is 5.26 Å². The summed E-state index contributed by atoms with van der Waals surface area (Å²) in [4.78, 5) is 0. The Kier molecular flexibility index (Phi) is 5.30. The third kappa shape index (κ3) is 3.99. The smallest absolute Gasteiger partial charge is 0.141 e. The standard InChI is InChI=1S/C16H22N2S/c1-2-3-11-19-13-16(12-17,18-15-9-10-15)14-7-5-4-6-8-14/h4-8,15,18H,2-3,9-11,13H2,1H3. The Morgan fingerprint density at radius 1 is 1.37 bits per heavy atom. The van der Waals surface area contributed by atoms with Crippen LogP contribution in [0.15, 0.2) is 30.3 Å². The Morgan fingerprint density at radius 3 is 2.68 bits per heavy atom. The van der Waals surface area contributed by atoms with E-state index in [1.165, 1.54) is 25.7 Å². The predicted octanol–water partition coefficient (Wildman–Crippen LogP) is 3.69. The number of hydrogen-bond acceptors (Lipinski definition) is 3. The monoisotopic (exact) mass is 274 g/mol. The molecule has 1 fully saturated rings. The van der Waals surface area contributed by atoms with E-state index in [1.807, 2.05) is 30.0 Å². The van der Waals surface area contributed by atoms with Gasteiger partial charge in [-0.15, -0.1) is 0 Å². The maximum atomic E-state index is 9.74. The van der Waals surface area contributed by atoms with E-state index in [0.717, 1.165) is 17.1 Å². The molecule has 1 aromatic carbocycles. The molecule has 2 rings (SSSR count). The molecule has 0 heterocycles. The number of benzene rings is 1. The average molecular weight is 274 g/mol. The van der Waals surface area contributed by atoms with Gasteiger partial charge in [-0.3, -0.25) is 5.32 Å². The zero-order valence-corrected chi connectivity index (χ0v) is 12.4. The number of rotatable bonds is 8. The first-order valence-corrected chi connectivity index (χ1v) is 8.28. The van der Waals surface area contributed by atoms with E-state index in [2.05, 4.69) is 30.4 Å². The molecular formula is C16H22N2S. The van der Waals surface area contributed by atoms with Crippen molar-refractivity contribution < 1.29 is 0 Å². The van der Waals surface area contributed by atoms with Gasteiger partial charge in [-0.1, -0.05) is 43.7 Å². The van der Waals surface area contributed by atoms with Crippen molar-refractivity contribution >= 4 is 11.8 Å². The van der Waals surface area contributed by atoms with E-state index >= 15 is 0 Å². The van der Waals surface area contributed by atoms with E-state index < -0.39 is 5.54 Å². The van der Waals surface area contributed by atoms with Crippen molar-refractivity contribution in [1.82, 2.24) is 5.32 Å². The van der Waals surface area contributed by atoms with Crippen LogP contribution in [0.2, 0.25) is 0 Å². The second-order valence-corrected chi connectivity index (χ2v) is 6.31. The number of hydrogen-bond donors (Lipinski definition) is 1. The first kappa shape index (κ1) is 14.4. The van der Waals surface area contributed by atoms with Gasteiger partial charge in [-0.25, -0.2) is 0 Å². The van der Waals surface area contributed by atoms with Gasteiger partial charge in [-0.05, 0) is 30.6 Å². The Morgan fingerprint density at radius 2 is 2.11 bits per heavy atom. The molecule has 1 saturated carbocycles. The summed E-state index contributed by atoms with van der Waals surface area (Å²) in [6.07, 6.45) is 4.85. The number of nitrogens with one attached hydrogen (secondary N) is 1. The lowest BCUT2D eigenvalue weighted by atomic mass is 9.93. The molecule has 3 heteroatoms. The van der Waals surface area contributed by atoms with Gasteiger partial charge >= 0.3 is 0 Å². The van der Waals surface area contributed by atoms with Crippen molar-refractivity contribution in [2.75, 3.05) is 11.5 Å². The summed E-state index contributed by atoms with van der Waals surface area (Å²) in [5.41, 5.74) is 0.592. The molecule has 1 N–H and O–H groups in total. The van der Waals surface area contributed by atoms with E-state index in [0.29, 0.717) is 6.04 Å². The normalized spacial score (nSPS) is 17.7.